The number of hydrogen-bond donors (Lipinski definition) is 0. The lowest BCUT2D eigenvalue weighted by atomic mass is 9.76. The predicted molar refractivity (Wildman–Crippen MR) is 93.2 cm³/mol. The van der Waals surface area contributed by atoms with Gasteiger partial charge in [0.1, 0.15) is 11.9 Å². The Kier molecular flexibility index (Phi) is 3.78. The number of urea groups is 1. The van der Waals surface area contributed by atoms with Gasteiger partial charge in [-0.1, -0.05) is 0 Å². The second-order valence-electron chi connectivity index (χ2n) is 7.56. The predicted octanol–water partition coefficient (Wildman–Crippen LogP) is 1.92. The third-order valence-corrected chi connectivity index (χ3v) is 6.19. The third kappa shape index (κ3) is 2.51. The molecule has 3 fully saturated rings. The average molecular weight is 340 g/mol. The first-order valence-corrected chi connectivity index (χ1v) is 9.07. The standard InChI is InChI=1S/C18H24N6O/c1-13-15(9-19)20-10-16(21-13)23-8-3-5-14(11-23)24-12-18(6-4-7-18)22(2)17(24)25/h10,14H,3-8,11-12H2,1-2H3. The van der Waals surface area contributed by atoms with Gasteiger partial charge in [-0.05, 0) is 39.0 Å². The lowest BCUT2D eigenvalue weighted by molar-refractivity contribution is 0.104. The number of nitrogens with zero attached hydrogens (tertiary/aromatic N) is 6. The van der Waals surface area contributed by atoms with Crippen molar-refractivity contribution in [2.45, 2.75) is 50.6 Å². The Labute approximate surface area is 148 Å². The van der Waals surface area contributed by atoms with Gasteiger partial charge in [-0.3, -0.25) is 0 Å². The normalized spacial score (nSPS) is 25.2. The number of piperidine rings is 1. The van der Waals surface area contributed by atoms with Crippen molar-refractivity contribution in [1.82, 2.24) is 19.8 Å². The molecule has 25 heavy (non-hydrogen) atoms. The summed E-state index contributed by atoms with van der Waals surface area (Å²) in [5.74, 6) is 0.805. The van der Waals surface area contributed by atoms with Gasteiger partial charge < -0.3 is 14.7 Å². The highest BCUT2D eigenvalue weighted by Gasteiger charge is 2.53. The summed E-state index contributed by atoms with van der Waals surface area (Å²) in [5.41, 5.74) is 1.12. The van der Waals surface area contributed by atoms with Gasteiger partial charge in [-0.25, -0.2) is 14.8 Å². The lowest BCUT2D eigenvalue weighted by Gasteiger charge is -2.43. The minimum absolute atomic E-state index is 0.0875. The van der Waals surface area contributed by atoms with Crippen molar-refractivity contribution >= 4 is 11.8 Å². The van der Waals surface area contributed by atoms with E-state index in [2.05, 4.69) is 25.8 Å². The fourth-order valence-electron chi connectivity index (χ4n) is 4.40. The van der Waals surface area contributed by atoms with Crippen LogP contribution in [0, 0.1) is 18.3 Å². The first kappa shape index (κ1) is 16.1. The lowest BCUT2D eigenvalue weighted by Crippen LogP contribution is -2.51. The van der Waals surface area contributed by atoms with Crippen LogP contribution in [-0.2, 0) is 0 Å². The molecule has 2 amide bonds. The molecule has 132 valence electrons. The van der Waals surface area contributed by atoms with E-state index in [0.29, 0.717) is 11.4 Å². The van der Waals surface area contributed by atoms with E-state index in [9.17, 15) is 4.79 Å². The van der Waals surface area contributed by atoms with Crippen LogP contribution < -0.4 is 4.90 Å². The summed E-state index contributed by atoms with van der Waals surface area (Å²) in [4.78, 5) is 27.8. The molecule has 1 spiro atoms. The second-order valence-corrected chi connectivity index (χ2v) is 7.56. The second kappa shape index (κ2) is 5.87. The van der Waals surface area contributed by atoms with Gasteiger partial charge >= 0.3 is 6.03 Å². The first-order valence-electron chi connectivity index (χ1n) is 9.07. The molecule has 1 aliphatic carbocycles. The van der Waals surface area contributed by atoms with Crippen LogP contribution in [0.25, 0.3) is 0 Å². The van der Waals surface area contributed by atoms with Crippen molar-refractivity contribution in [2.75, 3.05) is 31.6 Å². The summed E-state index contributed by atoms with van der Waals surface area (Å²) in [7, 11) is 1.96. The molecule has 1 saturated carbocycles. The Morgan fingerprint density at radius 1 is 1.36 bits per heavy atom. The molecular formula is C18H24N6O. The minimum atomic E-state index is 0.0875. The zero-order valence-corrected chi connectivity index (χ0v) is 14.9. The van der Waals surface area contributed by atoms with Gasteiger partial charge in [0.05, 0.1) is 23.5 Å². The fourth-order valence-corrected chi connectivity index (χ4v) is 4.40. The van der Waals surface area contributed by atoms with Crippen LogP contribution in [0.1, 0.15) is 43.5 Å². The molecule has 7 heteroatoms. The van der Waals surface area contributed by atoms with Crippen molar-refractivity contribution in [2.24, 2.45) is 0 Å². The molecule has 1 aromatic rings. The molecule has 0 bridgehead atoms. The van der Waals surface area contributed by atoms with E-state index in [4.69, 9.17) is 5.26 Å². The van der Waals surface area contributed by atoms with E-state index in [1.807, 2.05) is 18.9 Å². The molecule has 3 aliphatic rings. The summed E-state index contributed by atoms with van der Waals surface area (Å²) in [6.07, 6.45) is 7.23. The van der Waals surface area contributed by atoms with Crippen molar-refractivity contribution < 1.29 is 4.79 Å². The van der Waals surface area contributed by atoms with Crippen LogP contribution in [0.5, 0.6) is 0 Å². The molecule has 1 aromatic heterocycles. The maximum Gasteiger partial charge on any atom is 0.320 e. The zero-order valence-electron chi connectivity index (χ0n) is 14.9. The Morgan fingerprint density at radius 3 is 2.76 bits per heavy atom. The number of anilines is 1. The van der Waals surface area contributed by atoms with Crippen LogP contribution in [0.3, 0.4) is 0 Å². The van der Waals surface area contributed by atoms with Crippen LogP contribution in [-0.4, -0.2) is 64.1 Å². The average Bonchev–Trinajstić information content (AvgIpc) is 2.87. The number of amides is 2. The molecular weight excluding hydrogens is 316 g/mol. The van der Waals surface area contributed by atoms with Gasteiger partial charge in [0.25, 0.3) is 0 Å². The number of nitriles is 1. The van der Waals surface area contributed by atoms with E-state index in [1.54, 1.807) is 6.20 Å². The molecule has 3 heterocycles. The van der Waals surface area contributed by atoms with Crippen molar-refractivity contribution in [3.8, 4) is 6.07 Å². The van der Waals surface area contributed by atoms with E-state index in [0.717, 1.165) is 51.1 Å². The zero-order chi connectivity index (χ0) is 17.6. The maximum absolute atomic E-state index is 12.8. The monoisotopic (exact) mass is 340 g/mol. The quantitative estimate of drug-likeness (QED) is 0.822. The minimum Gasteiger partial charge on any atom is -0.353 e. The van der Waals surface area contributed by atoms with Crippen LogP contribution in [0.2, 0.25) is 0 Å². The van der Waals surface area contributed by atoms with Gasteiger partial charge in [-0.15, -0.1) is 0 Å². The van der Waals surface area contributed by atoms with Crippen molar-refractivity contribution in [3.63, 3.8) is 0 Å². The number of hydrogen-bond acceptors (Lipinski definition) is 5. The van der Waals surface area contributed by atoms with Crippen LogP contribution in [0.15, 0.2) is 6.20 Å². The maximum atomic E-state index is 12.8. The Morgan fingerprint density at radius 2 is 2.16 bits per heavy atom. The van der Waals surface area contributed by atoms with Crippen LogP contribution >= 0.6 is 0 Å². The molecule has 1 unspecified atom stereocenters. The number of aryl methyl sites for hydroxylation is 1. The molecule has 7 nitrogen and oxygen atoms in total. The fraction of sp³-hybridized carbons (Fsp3) is 0.667. The highest BCUT2D eigenvalue weighted by molar-refractivity contribution is 5.78. The van der Waals surface area contributed by atoms with Crippen molar-refractivity contribution in [3.05, 3.63) is 17.6 Å². The number of aromatic nitrogens is 2. The molecule has 0 N–H and O–H groups in total. The van der Waals surface area contributed by atoms with E-state index >= 15 is 0 Å². The number of carbonyl (C=O) groups is 1. The Hall–Kier alpha value is -2.36. The van der Waals surface area contributed by atoms with E-state index < -0.39 is 0 Å². The largest absolute Gasteiger partial charge is 0.353 e. The van der Waals surface area contributed by atoms with E-state index in [1.165, 1.54) is 6.42 Å². The molecule has 2 saturated heterocycles. The first-order chi connectivity index (χ1) is 12.0. The Balaban J connectivity index is 1.51. The van der Waals surface area contributed by atoms with E-state index in [-0.39, 0.29) is 17.6 Å². The van der Waals surface area contributed by atoms with Crippen molar-refractivity contribution in [1.29, 1.82) is 5.26 Å². The van der Waals surface area contributed by atoms with Gasteiger partial charge in [-0.2, -0.15) is 5.26 Å². The summed E-state index contributed by atoms with van der Waals surface area (Å²) in [6, 6.07) is 2.46. The number of carbonyl (C=O) groups excluding carboxylic acids is 1. The Bertz CT molecular complexity index is 738. The molecule has 1 atom stereocenters. The summed E-state index contributed by atoms with van der Waals surface area (Å²) in [6.45, 7) is 4.38. The topological polar surface area (TPSA) is 76.4 Å². The highest BCUT2D eigenvalue weighted by atomic mass is 16.2. The van der Waals surface area contributed by atoms with Gasteiger partial charge in [0.15, 0.2) is 5.69 Å². The molecule has 0 radical (unpaired) electrons. The summed E-state index contributed by atoms with van der Waals surface area (Å²) in [5, 5.41) is 9.02. The molecule has 2 aliphatic heterocycles. The van der Waals surface area contributed by atoms with Gasteiger partial charge in [0.2, 0.25) is 0 Å². The molecule has 0 aromatic carbocycles. The summed E-state index contributed by atoms with van der Waals surface area (Å²) < 4.78 is 0. The molecule has 4 rings (SSSR count). The number of rotatable bonds is 2. The van der Waals surface area contributed by atoms with Gasteiger partial charge in [0, 0.05) is 26.7 Å². The highest BCUT2D eigenvalue weighted by Crippen LogP contribution is 2.43. The smallest absolute Gasteiger partial charge is 0.320 e. The summed E-state index contributed by atoms with van der Waals surface area (Å²) >= 11 is 0. The van der Waals surface area contributed by atoms with Crippen LogP contribution in [0.4, 0.5) is 10.6 Å². The third-order valence-electron chi connectivity index (χ3n) is 6.19. The SMILES string of the molecule is Cc1nc(N2CCCC(N3CC4(CCC4)N(C)C3=O)C2)cnc1C#N. The number of likely N-dealkylation sites (N-methyl/N-ethyl adjacent to an activating group) is 1.